The minimum atomic E-state index is -0.0248. The summed E-state index contributed by atoms with van der Waals surface area (Å²) < 4.78 is 3.39. The van der Waals surface area contributed by atoms with E-state index in [2.05, 4.69) is 109 Å². The summed E-state index contributed by atoms with van der Waals surface area (Å²) in [4.78, 5) is 27.4. The third kappa shape index (κ3) is 5.58. The van der Waals surface area contributed by atoms with Crippen molar-refractivity contribution in [3.8, 4) is 67.5 Å². The van der Waals surface area contributed by atoms with E-state index >= 15 is 0 Å². The lowest BCUT2D eigenvalue weighted by Crippen LogP contribution is -2.19. The highest BCUT2D eigenvalue weighted by atomic mass is 16.1. The number of hydrogen-bond donors (Lipinski definition) is 0. The highest BCUT2D eigenvalue weighted by Crippen LogP contribution is 2.44. The first-order valence-electron chi connectivity index (χ1n) is 18.7. The van der Waals surface area contributed by atoms with Crippen LogP contribution in [0.15, 0.2) is 181 Å². The molecule has 0 aliphatic heterocycles. The Bertz CT molecular complexity index is 3030. The molecule has 6 heteroatoms. The van der Waals surface area contributed by atoms with E-state index < -0.39 is 0 Å². The molecule has 0 spiro atoms. The summed E-state index contributed by atoms with van der Waals surface area (Å²) in [6.07, 6.45) is 0. The Morgan fingerprint density at radius 3 is 1.12 bits per heavy atom. The first kappa shape index (κ1) is 33.2. The lowest BCUT2D eigenvalue weighted by Gasteiger charge is -2.18. The van der Waals surface area contributed by atoms with Gasteiger partial charge in [0.2, 0.25) is 0 Å². The number of aromatic nitrogens is 5. The van der Waals surface area contributed by atoms with Gasteiger partial charge in [-0.1, -0.05) is 164 Å². The van der Waals surface area contributed by atoms with Gasteiger partial charge in [-0.2, -0.15) is 0 Å². The molecule has 266 valence electrons. The van der Waals surface area contributed by atoms with E-state index in [0.717, 1.165) is 50.0 Å². The highest BCUT2D eigenvalue weighted by molar-refractivity contribution is 6.21. The van der Waals surface area contributed by atoms with E-state index in [1.165, 1.54) is 32.7 Å². The molecule has 0 saturated carbocycles. The van der Waals surface area contributed by atoms with Crippen molar-refractivity contribution >= 4 is 32.6 Å². The van der Waals surface area contributed by atoms with Crippen LogP contribution < -0.4 is 5.69 Å². The van der Waals surface area contributed by atoms with Gasteiger partial charge in [0, 0.05) is 30.8 Å². The van der Waals surface area contributed by atoms with Crippen LogP contribution in [-0.4, -0.2) is 24.1 Å². The Morgan fingerprint density at radius 2 is 0.679 bits per heavy atom. The standard InChI is InChI=1S/C50H35N5O/c1-54-43-30-29-38(31-44(43)55(2)50(54)56)32-21-23-33(24-22-32)45-39-17-9-11-19-41(39)46(42-20-12-10-18-40(42)45)34-25-27-37(28-26-34)49-52-47(35-13-5-3-6-14-35)51-48(53-49)36-15-7-4-8-16-36/h3-31H,1-2H3. The Morgan fingerprint density at radius 1 is 0.339 bits per heavy atom. The first-order valence-corrected chi connectivity index (χ1v) is 18.7. The van der Waals surface area contributed by atoms with Crippen molar-refractivity contribution < 1.29 is 0 Å². The van der Waals surface area contributed by atoms with E-state index in [1.807, 2.05) is 80.8 Å². The molecule has 8 aromatic carbocycles. The number of aryl methyl sites for hydroxylation is 2. The summed E-state index contributed by atoms with van der Waals surface area (Å²) in [7, 11) is 3.64. The fraction of sp³-hybridized carbons (Fsp3) is 0.0400. The van der Waals surface area contributed by atoms with Crippen molar-refractivity contribution in [1.82, 2.24) is 24.1 Å². The average Bonchev–Trinajstić information content (AvgIpc) is 3.48. The number of nitrogens with zero attached hydrogens (tertiary/aromatic N) is 5. The van der Waals surface area contributed by atoms with Crippen LogP contribution in [0.3, 0.4) is 0 Å². The van der Waals surface area contributed by atoms with Crippen LogP contribution in [0.2, 0.25) is 0 Å². The Kier molecular flexibility index (Phi) is 7.96. The van der Waals surface area contributed by atoms with E-state index in [-0.39, 0.29) is 5.69 Å². The van der Waals surface area contributed by atoms with Crippen molar-refractivity contribution in [2.24, 2.45) is 14.1 Å². The lowest BCUT2D eigenvalue weighted by molar-refractivity contribution is 0.795. The minimum Gasteiger partial charge on any atom is -0.295 e. The lowest BCUT2D eigenvalue weighted by atomic mass is 9.85. The topological polar surface area (TPSA) is 65.6 Å². The van der Waals surface area contributed by atoms with Crippen LogP contribution in [0.5, 0.6) is 0 Å². The molecule has 0 bridgehead atoms. The van der Waals surface area contributed by atoms with Gasteiger partial charge >= 0.3 is 5.69 Å². The predicted molar refractivity (Wildman–Crippen MR) is 229 cm³/mol. The van der Waals surface area contributed by atoms with Gasteiger partial charge in [0.15, 0.2) is 17.5 Å². The number of fused-ring (bicyclic) bond motifs is 3. The fourth-order valence-corrected chi connectivity index (χ4v) is 7.99. The van der Waals surface area contributed by atoms with Gasteiger partial charge in [-0.3, -0.25) is 9.13 Å². The summed E-state index contributed by atoms with van der Waals surface area (Å²) in [6, 6.07) is 61.2. The van der Waals surface area contributed by atoms with Crippen molar-refractivity contribution in [3.05, 3.63) is 186 Å². The average molecular weight is 722 g/mol. The van der Waals surface area contributed by atoms with Gasteiger partial charge in [-0.15, -0.1) is 0 Å². The Balaban J connectivity index is 1.07. The van der Waals surface area contributed by atoms with Gasteiger partial charge < -0.3 is 0 Å². The molecular formula is C50H35N5O. The van der Waals surface area contributed by atoms with Gasteiger partial charge in [0.25, 0.3) is 0 Å². The maximum Gasteiger partial charge on any atom is 0.328 e. The fourth-order valence-electron chi connectivity index (χ4n) is 7.99. The third-order valence-corrected chi connectivity index (χ3v) is 10.8. The van der Waals surface area contributed by atoms with Crippen molar-refractivity contribution in [1.29, 1.82) is 0 Å². The van der Waals surface area contributed by atoms with Gasteiger partial charge in [-0.05, 0) is 67.1 Å². The van der Waals surface area contributed by atoms with Gasteiger partial charge in [0.05, 0.1) is 11.0 Å². The smallest absolute Gasteiger partial charge is 0.295 e. The second kappa shape index (κ2) is 13.4. The van der Waals surface area contributed by atoms with Crippen LogP contribution in [-0.2, 0) is 14.1 Å². The largest absolute Gasteiger partial charge is 0.328 e. The van der Waals surface area contributed by atoms with Crippen molar-refractivity contribution in [3.63, 3.8) is 0 Å². The molecule has 0 aliphatic carbocycles. The van der Waals surface area contributed by atoms with Crippen LogP contribution in [0.4, 0.5) is 0 Å². The van der Waals surface area contributed by atoms with E-state index in [4.69, 9.17) is 15.0 Å². The van der Waals surface area contributed by atoms with Gasteiger partial charge in [0.1, 0.15) is 0 Å². The van der Waals surface area contributed by atoms with Crippen LogP contribution in [0.1, 0.15) is 0 Å². The van der Waals surface area contributed by atoms with Crippen LogP contribution in [0.25, 0.3) is 100 Å². The number of imidazole rings is 1. The third-order valence-electron chi connectivity index (χ3n) is 10.8. The molecule has 0 saturated heterocycles. The second-order valence-corrected chi connectivity index (χ2v) is 14.1. The Labute approximate surface area is 323 Å². The molecule has 0 aliphatic rings. The molecule has 2 heterocycles. The SMILES string of the molecule is Cn1c(=O)n(C)c2cc(-c3ccc(-c4c5ccccc5c(-c5ccc(-c6nc(-c7ccccc7)nc(-c7ccccc7)n6)cc5)c5ccccc45)cc3)ccc21. The van der Waals surface area contributed by atoms with Crippen LogP contribution in [0, 0.1) is 0 Å². The molecule has 10 aromatic rings. The second-order valence-electron chi connectivity index (χ2n) is 14.1. The van der Waals surface area contributed by atoms with E-state index in [1.54, 1.807) is 9.13 Å². The quantitative estimate of drug-likeness (QED) is 0.160. The zero-order chi connectivity index (χ0) is 37.8. The Hall–Kier alpha value is -7.44. The zero-order valence-corrected chi connectivity index (χ0v) is 30.9. The number of rotatable bonds is 6. The predicted octanol–water partition coefficient (Wildman–Crippen LogP) is 11.4. The van der Waals surface area contributed by atoms with E-state index in [9.17, 15) is 4.79 Å². The molecule has 0 radical (unpaired) electrons. The van der Waals surface area contributed by atoms with E-state index in [0.29, 0.717) is 17.5 Å². The van der Waals surface area contributed by atoms with Crippen molar-refractivity contribution in [2.45, 2.75) is 0 Å². The van der Waals surface area contributed by atoms with Crippen LogP contribution >= 0.6 is 0 Å². The summed E-state index contributed by atoms with van der Waals surface area (Å²) >= 11 is 0. The molecule has 0 N–H and O–H groups in total. The first-order chi connectivity index (χ1) is 27.5. The molecule has 6 nitrogen and oxygen atoms in total. The monoisotopic (exact) mass is 721 g/mol. The zero-order valence-electron chi connectivity index (χ0n) is 30.9. The molecule has 0 atom stereocenters. The molecule has 2 aromatic heterocycles. The maximum atomic E-state index is 12.6. The minimum absolute atomic E-state index is 0.0248. The number of hydrogen-bond acceptors (Lipinski definition) is 4. The maximum absolute atomic E-state index is 12.6. The molecule has 0 fully saturated rings. The summed E-state index contributed by atoms with van der Waals surface area (Å²) in [5, 5.41) is 4.75. The summed E-state index contributed by atoms with van der Waals surface area (Å²) in [5.74, 6) is 1.91. The normalized spacial score (nSPS) is 11.5. The highest BCUT2D eigenvalue weighted by Gasteiger charge is 2.18. The molecule has 56 heavy (non-hydrogen) atoms. The molecule has 0 amide bonds. The van der Waals surface area contributed by atoms with Gasteiger partial charge in [-0.25, -0.2) is 19.7 Å². The molecule has 10 rings (SSSR count). The molecule has 0 unspecified atom stereocenters. The summed E-state index contributed by atoms with van der Waals surface area (Å²) in [5.41, 5.74) is 11.5. The summed E-state index contributed by atoms with van der Waals surface area (Å²) in [6.45, 7) is 0. The molecular weight excluding hydrogens is 687 g/mol. The number of benzene rings is 8. The van der Waals surface area contributed by atoms with Crippen molar-refractivity contribution in [2.75, 3.05) is 0 Å².